The summed E-state index contributed by atoms with van der Waals surface area (Å²) in [5.74, 6) is 0.852. The molecule has 0 amide bonds. The highest BCUT2D eigenvalue weighted by Crippen LogP contribution is 2.31. The molecule has 0 saturated carbocycles. The van der Waals surface area contributed by atoms with Crippen LogP contribution < -0.4 is 4.74 Å². The number of ether oxygens (including phenoxy) is 2. The summed E-state index contributed by atoms with van der Waals surface area (Å²) in [6.07, 6.45) is 4.73. The topological polar surface area (TPSA) is 42.0 Å². The SMILES string of the molecule is COC(=O)[C@](C)(Cc1ccc(F)cc1)N1CCC(CN2CCC(Oc3ccc(Cl)c(Cl)c3)CC2)CC1. The Balaban J connectivity index is 1.25. The Labute approximate surface area is 223 Å². The molecule has 36 heavy (non-hydrogen) atoms. The Morgan fingerprint density at radius 3 is 2.28 bits per heavy atom. The van der Waals surface area contributed by atoms with Crippen LogP contribution in [-0.2, 0) is 16.0 Å². The summed E-state index contributed by atoms with van der Waals surface area (Å²) >= 11 is 12.1. The minimum Gasteiger partial charge on any atom is -0.490 e. The monoisotopic (exact) mass is 536 g/mol. The Morgan fingerprint density at radius 1 is 1.00 bits per heavy atom. The molecule has 4 rings (SSSR count). The van der Waals surface area contributed by atoms with E-state index in [0.29, 0.717) is 22.4 Å². The van der Waals surface area contributed by atoms with Gasteiger partial charge in [0.1, 0.15) is 23.2 Å². The predicted molar refractivity (Wildman–Crippen MR) is 141 cm³/mol. The number of benzene rings is 2. The molecule has 0 N–H and O–H groups in total. The average Bonchev–Trinajstić information content (AvgIpc) is 2.88. The molecule has 0 bridgehead atoms. The number of hydrogen-bond acceptors (Lipinski definition) is 5. The van der Waals surface area contributed by atoms with Gasteiger partial charge in [-0.1, -0.05) is 35.3 Å². The van der Waals surface area contributed by atoms with Crippen molar-refractivity contribution in [2.75, 3.05) is 39.8 Å². The summed E-state index contributed by atoms with van der Waals surface area (Å²) in [5.41, 5.74) is 0.162. The summed E-state index contributed by atoms with van der Waals surface area (Å²) in [6, 6.07) is 11.8. The van der Waals surface area contributed by atoms with Crippen molar-refractivity contribution in [1.82, 2.24) is 9.80 Å². The van der Waals surface area contributed by atoms with Crippen LogP contribution >= 0.6 is 23.2 Å². The first-order chi connectivity index (χ1) is 17.3. The first kappa shape index (κ1) is 27.2. The van der Waals surface area contributed by atoms with Crippen molar-refractivity contribution < 1.29 is 18.7 Å². The van der Waals surface area contributed by atoms with Crippen LogP contribution in [0.4, 0.5) is 4.39 Å². The van der Waals surface area contributed by atoms with Gasteiger partial charge in [0.05, 0.1) is 17.2 Å². The van der Waals surface area contributed by atoms with Gasteiger partial charge >= 0.3 is 5.97 Å². The van der Waals surface area contributed by atoms with Gasteiger partial charge in [-0.2, -0.15) is 0 Å². The molecule has 2 heterocycles. The first-order valence-electron chi connectivity index (χ1n) is 12.7. The van der Waals surface area contributed by atoms with Gasteiger partial charge in [0.25, 0.3) is 0 Å². The zero-order valence-electron chi connectivity index (χ0n) is 21.0. The van der Waals surface area contributed by atoms with Gasteiger partial charge < -0.3 is 14.4 Å². The van der Waals surface area contributed by atoms with E-state index in [1.807, 2.05) is 13.0 Å². The van der Waals surface area contributed by atoms with E-state index in [1.165, 1.54) is 19.2 Å². The van der Waals surface area contributed by atoms with Gasteiger partial charge in [0, 0.05) is 32.1 Å². The molecule has 2 fully saturated rings. The minimum absolute atomic E-state index is 0.188. The number of hydrogen-bond donors (Lipinski definition) is 0. The minimum atomic E-state index is -0.766. The van der Waals surface area contributed by atoms with Gasteiger partial charge in [-0.3, -0.25) is 9.69 Å². The first-order valence-corrected chi connectivity index (χ1v) is 13.4. The molecule has 2 aliphatic heterocycles. The molecule has 2 aliphatic rings. The van der Waals surface area contributed by atoms with Crippen LogP contribution in [-0.4, -0.2) is 67.2 Å². The normalized spacial score (nSPS) is 20.1. The van der Waals surface area contributed by atoms with Crippen LogP contribution in [0.2, 0.25) is 10.0 Å². The van der Waals surface area contributed by atoms with Crippen molar-refractivity contribution in [3.63, 3.8) is 0 Å². The summed E-state index contributed by atoms with van der Waals surface area (Å²) in [7, 11) is 1.44. The maximum absolute atomic E-state index is 13.4. The van der Waals surface area contributed by atoms with E-state index < -0.39 is 5.54 Å². The Morgan fingerprint density at radius 2 is 1.67 bits per heavy atom. The van der Waals surface area contributed by atoms with Crippen LogP contribution in [0.5, 0.6) is 5.75 Å². The van der Waals surface area contributed by atoms with Crippen LogP contribution in [0.15, 0.2) is 42.5 Å². The lowest BCUT2D eigenvalue weighted by Gasteiger charge is -2.44. The molecule has 5 nitrogen and oxygen atoms in total. The summed E-state index contributed by atoms with van der Waals surface area (Å²) in [4.78, 5) is 17.6. The van der Waals surface area contributed by atoms with Crippen molar-refractivity contribution in [3.8, 4) is 5.75 Å². The number of nitrogens with zero attached hydrogens (tertiary/aromatic N) is 2. The molecule has 0 unspecified atom stereocenters. The van der Waals surface area contributed by atoms with Crippen LogP contribution in [0.3, 0.4) is 0 Å². The standard InChI is InChI=1S/C28H35Cl2FN2O3/c1-28(27(34)35-2,18-20-3-5-22(31)6-4-20)33-15-9-21(10-16-33)19-32-13-11-23(12-14-32)36-24-7-8-25(29)26(30)17-24/h3-8,17,21,23H,9-16,18-19H2,1-2H3/t28-/m0/s1. The van der Waals surface area contributed by atoms with Crippen molar-refractivity contribution in [3.05, 3.63) is 63.9 Å². The van der Waals surface area contributed by atoms with E-state index in [0.717, 1.165) is 69.7 Å². The van der Waals surface area contributed by atoms with E-state index in [2.05, 4.69) is 9.80 Å². The van der Waals surface area contributed by atoms with E-state index in [1.54, 1.807) is 24.3 Å². The van der Waals surface area contributed by atoms with E-state index in [-0.39, 0.29) is 17.9 Å². The molecule has 2 aromatic carbocycles. The number of esters is 1. The Hall–Kier alpha value is -1.86. The van der Waals surface area contributed by atoms with Crippen molar-refractivity contribution >= 4 is 29.2 Å². The molecular formula is C28H35Cl2FN2O3. The van der Waals surface area contributed by atoms with E-state index in [9.17, 15) is 9.18 Å². The van der Waals surface area contributed by atoms with Crippen molar-refractivity contribution in [1.29, 1.82) is 0 Å². The summed E-state index contributed by atoms with van der Waals surface area (Å²) < 4.78 is 24.7. The van der Waals surface area contributed by atoms with Gasteiger partial charge in [-0.15, -0.1) is 0 Å². The average molecular weight is 538 g/mol. The molecule has 2 saturated heterocycles. The van der Waals surface area contributed by atoms with Crippen molar-refractivity contribution in [2.45, 2.75) is 50.7 Å². The number of rotatable bonds is 8. The lowest BCUT2D eigenvalue weighted by Crippen LogP contribution is -2.57. The quantitative estimate of drug-likeness (QED) is 0.395. The summed E-state index contributed by atoms with van der Waals surface area (Å²) in [5, 5.41) is 1.05. The third-order valence-corrected chi connectivity index (χ3v) is 8.38. The maximum atomic E-state index is 13.4. The molecule has 196 valence electrons. The molecule has 0 aliphatic carbocycles. The largest absolute Gasteiger partial charge is 0.490 e. The fourth-order valence-corrected chi connectivity index (χ4v) is 5.75. The van der Waals surface area contributed by atoms with Gasteiger partial charge in [0.15, 0.2) is 0 Å². The van der Waals surface area contributed by atoms with Crippen molar-refractivity contribution in [2.24, 2.45) is 5.92 Å². The predicted octanol–water partition coefficient (Wildman–Crippen LogP) is 5.86. The maximum Gasteiger partial charge on any atom is 0.326 e. The molecular weight excluding hydrogens is 502 g/mol. The number of carbonyl (C=O) groups is 1. The Kier molecular flexibility index (Phi) is 9.15. The lowest BCUT2D eigenvalue weighted by molar-refractivity contribution is -0.155. The van der Waals surface area contributed by atoms with Crippen LogP contribution in [0, 0.1) is 11.7 Å². The van der Waals surface area contributed by atoms with Gasteiger partial charge in [-0.25, -0.2) is 4.39 Å². The highest BCUT2D eigenvalue weighted by Gasteiger charge is 2.42. The van der Waals surface area contributed by atoms with E-state index in [4.69, 9.17) is 32.7 Å². The number of carbonyl (C=O) groups excluding carboxylic acids is 1. The lowest BCUT2D eigenvalue weighted by atomic mass is 9.86. The Bertz CT molecular complexity index is 1020. The van der Waals surface area contributed by atoms with Crippen LogP contribution in [0.1, 0.15) is 38.2 Å². The molecule has 2 aromatic rings. The third kappa shape index (κ3) is 6.71. The van der Waals surface area contributed by atoms with Crippen LogP contribution in [0.25, 0.3) is 0 Å². The summed E-state index contributed by atoms with van der Waals surface area (Å²) in [6.45, 7) is 6.72. The zero-order valence-corrected chi connectivity index (χ0v) is 22.5. The third-order valence-electron chi connectivity index (χ3n) is 7.64. The number of methoxy groups -OCH3 is 1. The molecule has 0 spiro atoms. The highest BCUT2D eigenvalue weighted by molar-refractivity contribution is 6.42. The van der Waals surface area contributed by atoms with Gasteiger partial charge in [-0.05, 0) is 81.4 Å². The molecule has 8 heteroatoms. The second kappa shape index (κ2) is 12.1. The fraction of sp³-hybridized carbons (Fsp3) is 0.536. The number of piperidine rings is 2. The molecule has 0 radical (unpaired) electrons. The van der Waals surface area contributed by atoms with Gasteiger partial charge in [0.2, 0.25) is 0 Å². The smallest absolute Gasteiger partial charge is 0.326 e. The molecule has 0 aromatic heterocycles. The highest BCUT2D eigenvalue weighted by atomic mass is 35.5. The number of likely N-dealkylation sites (tertiary alicyclic amines) is 2. The van der Waals surface area contributed by atoms with E-state index >= 15 is 0 Å². The fourth-order valence-electron chi connectivity index (χ4n) is 5.46. The molecule has 1 atom stereocenters. The number of halogens is 3. The second-order valence-corrected chi connectivity index (χ2v) is 11.0. The second-order valence-electron chi connectivity index (χ2n) is 10.2. The zero-order chi connectivity index (χ0) is 25.7.